The first-order chi connectivity index (χ1) is 9.93. The third kappa shape index (κ3) is 2.93. The van der Waals surface area contributed by atoms with E-state index in [1.807, 2.05) is 0 Å². The van der Waals surface area contributed by atoms with Crippen molar-refractivity contribution in [1.82, 2.24) is 4.98 Å². The molecule has 21 heavy (non-hydrogen) atoms. The van der Waals surface area contributed by atoms with Crippen LogP contribution in [0.1, 0.15) is 10.4 Å². The lowest BCUT2D eigenvalue weighted by atomic mass is 10.2. The Morgan fingerprint density at radius 2 is 1.71 bits per heavy atom. The first-order valence-electron chi connectivity index (χ1n) is 5.72. The fraction of sp³-hybridized carbons (Fsp3) is 0.0769. The molecule has 8 heteroatoms. The van der Waals surface area contributed by atoms with Gasteiger partial charge in [0.2, 0.25) is 0 Å². The van der Waals surface area contributed by atoms with Crippen LogP contribution in [0.25, 0.3) is 0 Å². The van der Waals surface area contributed by atoms with E-state index in [4.69, 9.17) is 0 Å². The number of hydrogen-bond acceptors (Lipinski definition) is 3. The van der Waals surface area contributed by atoms with E-state index in [1.54, 1.807) is 12.4 Å². The second-order valence-corrected chi connectivity index (χ2v) is 3.98. The number of nitrogens with one attached hydrogen (secondary N) is 2. The van der Waals surface area contributed by atoms with Crippen LogP contribution in [0.5, 0.6) is 0 Å². The Morgan fingerprint density at radius 1 is 1.10 bits per heavy atom. The van der Waals surface area contributed by atoms with Gasteiger partial charge < -0.3 is 10.6 Å². The average molecular weight is 299 g/mol. The lowest BCUT2D eigenvalue weighted by Gasteiger charge is -2.09. The van der Waals surface area contributed by atoms with Gasteiger partial charge in [0.05, 0.1) is 0 Å². The van der Waals surface area contributed by atoms with Crippen LogP contribution in [0.2, 0.25) is 0 Å². The van der Waals surface area contributed by atoms with Gasteiger partial charge in [0, 0.05) is 24.9 Å². The number of carbonyl (C=O) groups excluding carboxylic acids is 1. The molecule has 0 bridgehead atoms. The Hall–Kier alpha value is -2.64. The molecule has 2 N–H and O–H groups in total. The molecule has 0 unspecified atom stereocenters. The molecule has 1 aromatic carbocycles. The molecule has 0 fully saturated rings. The predicted molar refractivity (Wildman–Crippen MR) is 68.0 cm³/mol. The molecule has 1 amide bonds. The third-order valence-corrected chi connectivity index (χ3v) is 2.63. The summed E-state index contributed by atoms with van der Waals surface area (Å²) in [5.41, 5.74) is -1.17. The molecule has 0 atom stereocenters. The molecule has 0 saturated heterocycles. The third-order valence-electron chi connectivity index (χ3n) is 2.63. The van der Waals surface area contributed by atoms with Gasteiger partial charge in [-0.05, 0) is 12.1 Å². The van der Waals surface area contributed by atoms with E-state index in [-0.39, 0.29) is 11.6 Å². The quantitative estimate of drug-likeness (QED) is 0.677. The van der Waals surface area contributed by atoms with Crippen LogP contribution in [0, 0.1) is 23.3 Å². The summed E-state index contributed by atoms with van der Waals surface area (Å²) in [5.74, 6) is -7.15. The number of benzene rings is 1. The van der Waals surface area contributed by atoms with Crippen molar-refractivity contribution < 1.29 is 22.4 Å². The highest BCUT2D eigenvalue weighted by Crippen LogP contribution is 2.24. The van der Waals surface area contributed by atoms with Crippen LogP contribution in [-0.4, -0.2) is 17.9 Å². The van der Waals surface area contributed by atoms with Crippen molar-refractivity contribution >= 4 is 17.4 Å². The molecule has 2 rings (SSSR count). The van der Waals surface area contributed by atoms with E-state index in [9.17, 15) is 22.4 Å². The lowest BCUT2D eigenvalue weighted by Crippen LogP contribution is -2.16. The smallest absolute Gasteiger partial charge is 0.256 e. The Bertz CT molecular complexity index is 680. The second-order valence-electron chi connectivity index (χ2n) is 3.98. The first kappa shape index (κ1) is 14.8. The predicted octanol–water partition coefficient (Wildman–Crippen LogP) is 2.93. The van der Waals surface area contributed by atoms with Crippen molar-refractivity contribution in [3.8, 4) is 0 Å². The van der Waals surface area contributed by atoms with E-state index in [1.165, 1.54) is 18.3 Å². The van der Waals surface area contributed by atoms with Gasteiger partial charge in [-0.25, -0.2) is 22.5 Å². The molecule has 4 nitrogen and oxygen atoms in total. The summed E-state index contributed by atoms with van der Waals surface area (Å²) in [5, 5.41) is 4.47. The molecular formula is C13H9F4N3O. The standard InChI is InChI=1S/C13H9F4N3O/c1-18-9-4-6(2-3-19-9)13(21)20-12-10(16)7(14)5-8(15)11(12)17/h2-5H,1H3,(H,18,19)(H,20,21). The van der Waals surface area contributed by atoms with Crippen molar-refractivity contribution in [2.75, 3.05) is 17.7 Å². The van der Waals surface area contributed by atoms with E-state index >= 15 is 0 Å². The van der Waals surface area contributed by atoms with Gasteiger partial charge in [0.25, 0.3) is 5.91 Å². The summed E-state index contributed by atoms with van der Waals surface area (Å²) >= 11 is 0. The van der Waals surface area contributed by atoms with E-state index in [0.717, 1.165) is 0 Å². The topological polar surface area (TPSA) is 54.0 Å². The summed E-state index contributed by atoms with van der Waals surface area (Å²) < 4.78 is 53.0. The van der Waals surface area contributed by atoms with Gasteiger partial charge in [-0.15, -0.1) is 0 Å². The highest BCUT2D eigenvalue weighted by atomic mass is 19.2. The molecule has 0 saturated carbocycles. The van der Waals surface area contributed by atoms with Gasteiger partial charge in [-0.3, -0.25) is 4.79 Å². The zero-order valence-corrected chi connectivity index (χ0v) is 10.7. The highest BCUT2D eigenvalue weighted by Gasteiger charge is 2.21. The van der Waals surface area contributed by atoms with Gasteiger partial charge >= 0.3 is 0 Å². The molecular weight excluding hydrogens is 290 g/mol. The molecule has 0 radical (unpaired) electrons. The van der Waals surface area contributed by atoms with Crippen LogP contribution in [0.4, 0.5) is 29.1 Å². The van der Waals surface area contributed by atoms with Crippen molar-refractivity contribution in [2.45, 2.75) is 0 Å². The van der Waals surface area contributed by atoms with Gasteiger partial charge in [-0.1, -0.05) is 0 Å². The fourth-order valence-electron chi connectivity index (χ4n) is 1.58. The molecule has 0 aliphatic heterocycles. The van der Waals surface area contributed by atoms with Crippen LogP contribution in [0.3, 0.4) is 0 Å². The maximum absolute atomic E-state index is 13.4. The summed E-state index contributed by atoms with van der Waals surface area (Å²) in [6.45, 7) is 0. The average Bonchev–Trinajstić information content (AvgIpc) is 2.49. The molecule has 0 spiro atoms. The molecule has 2 aromatic rings. The van der Waals surface area contributed by atoms with Crippen molar-refractivity contribution in [1.29, 1.82) is 0 Å². The molecule has 0 aliphatic rings. The minimum atomic E-state index is -1.68. The summed E-state index contributed by atoms with van der Waals surface area (Å²) in [4.78, 5) is 15.7. The molecule has 110 valence electrons. The summed E-state index contributed by atoms with van der Waals surface area (Å²) in [6.07, 6.45) is 1.29. The van der Waals surface area contributed by atoms with Gasteiger partial charge in [-0.2, -0.15) is 0 Å². The number of nitrogens with zero attached hydrogens (tertiary/aromatic N) is 1. The molecule has 1 aromatic heterocycles. The second kappa shape index (κ2) is 5.78. The summed E-state index contributed by atoms with van der Waals surface area (Å²) in [6, 6.07) is 2.65. The Balaban J connectivity index is 2.36. The van der Waals surface area contributed by atoms with Crippen LogP contribution in [0.15, 0.2) is 24.4 Å². The number of hydrogen-bond donors (Lipinski definition) is 2. The summed E-state index contributed by atoms with van der Waals surface area (Å²) in [7, 11) is 1.56. The Morgan fingerprint density at radius 3 is 2.29 bits per heavy atom. The number of anilines is 2. The minimum absolute atomic E-state index is 0.0119. The van der Waals surface area contributed by atoms with Crippen molar-refractivity contribution in [2.24, 2.45) is 0 Å². The normalized spacial score (nSPS) is 10.3. The van der Waals surface area contributed by atoms with E-state index in [0.29, 0.717) is 5.82 Å². The van der Waals surface area contributed by atoms with Crippen molar-refractivity contribution in [3.63, 3.8) is 0 Å². The zero-order chi connectivity index (χ0) is 15.6. The van der Waals surface area contributed by atoms with Crippen LogP contribution < -0.4 is 10.6 Å². The van der Waals surface area contributed by atoms with Crippen molar-refractivity contribution in [3.05, 3.63) is 53.2 Å². The van der Waals surface area contributed by atoms with Crippen LogP contribution >= 0.6 is 0 Å². The Labute approximate surface area is 116 Å². The molecule has 0 aliphatic carbocycles. The number of aromatic nitrogens is 1. The number of halogens is 4. The van der Waals surface area contributed by atoms with E-state index < -0.39 is 34.9 Å². The maximum atomic E-state index is 13.4. The maximum Gasteiger partial charge on any atom is 0.256 e. The first-order valence-corrected chi connectivity index (χ1v) is 5.72. The monoisotopic (exact) mass is 299 g/mol. The van der Waals surface area contributed by atoms with Gasteiger partial charge in [0.15, 0.2) is 23.3 Å². The number of rotatable bonds is 3. The minimum Gasteiger partial charge on any atom is -0.373 e. The Kier molecular flexibility index (Phi) is 4.06. The van der Waals surface area contributed by atoms with Crippen LogP contribution in [-0.2, 0) is 0 Å². The SMILES string of the molecule is CNc1cc(C(=O)Nc2c(F)c(F)cc(F)c2F)ccn1. The lowest BCUT2D eigenvalue weighted by molar-refractivity contribution is 0.102. The number of carbonyl (C=O) groups is 1. The largest absolute Gasteiger partial charge is 0.373 e. The fourth-order valence-corrected chi connectivity index (χ4v) is 1.58. The number of amides is 1. The zero-order valence-electron chi connectivity index (χ0n) is 10.7. The van der Waals surface area contributed by atoms with Gasteiger partial charge in [0.1, 0.15) is 11.5 Å². The molecule has 1 heterocycles. The number of pyridine rings is 1. The highest BCUT2D eigenvalue weighted by molar-refractivity contribution is 6.04. The van der Waals surface area contributed by atoms with E-state index in [2.05, 4.69) is 10.3 Å².